The second-order valence-corrected chi connectivity index (χ2v) is 23.1. The number of rotatable bonds is 55. The van der Waals surface area contributed by atoms with Crippen molar-refractivity contribution in [2.75, 3.05) is 40.9 Å². The van der Waals surface area contributed by atoms with Crippen molar-refractivity contribution in [1.82, 2.24) is 5.32 Å². The van der Waals surface area contributed by atoms with Crippen LogP contribution in [0.5, 0.6) is 0 Å². The summed E-state index contributed by atoms with van der Waals surface area (Å²) in [6.45, 7) is 4.54. The lowest BCUT2D eigenvalue weighted by Crippen LogP contribution is -2.45. The van der Waals surface area contributed by atoms with Gasteiger partial charge in [-0.15, -0.1) is 0 Å². The van der Waals surface area contributed by atoms with Crippen LogP contribution in [-0.4, -0.2) is 68.5 Å². The number of unbranched alkanes of at least 4 members (excludes halogenated alkanes) is 40. The Morgan fingerprint density at radius 3 is 1.16 bits per heavy atom. The molecule has 0 fully saturated rings. The van der Waals surface area contributed by atoms with E-state index in [4.69, 9.17) is 9.05 Å². The van der Waals surface area contributed by atoms with Crippen LogP contribution in [0.3, 0.4) is 0 Å². The number of hydrogen-bond donors (Lipinski definition) is 2. The molecule has 1 amide bonds. The molecule has 0 saturated carbocycles. The molecule has 0 aliphatic heterocycles. The predicted molar refractivity (Wildman–Crippen MR) is 293 cm³/mol. The van der Waals surface area contributed by atoms with E-state index in [0.29, 0.717) is 17.4 Å². The maximum Gasteiger partial charge on any atom is 0.268 e. The molecule has 0 aromatic rings. The molecule has 68 heavy (non-hydrogen) atoms. The minimum atomic E-state index is -4.59. The van der Waals surface area contributed by atoms with E-state index < -0.39 is 26.6 Å². The predicted octanol–water partition coefficient (Wildman–Crippen LogP) is 17.4. The number of nitrogens with zero attached hydrogens (tertiary/aromatic N) is 1. The molecule has 0 radical (unpaired) electrons. The number of phosphoric acid groups is 1. The fourth-order valence-corrected chi connectivity index (χ4v) is 9.73. The molecule has 9 heteroatoms. The van der Waals surface area contributed by atoms with Gasteiger partial charge in [0.05, 0.1) is 39.9 Å². The minimum Gasteiger partial charge on any atom is -0.756 e. The fraction of sp³-hybridized carbons (Fsp3) is 0.915. The molecule has 0 spiro atoms. The van der Waals surface area contributed by atoms with Crippen LogP contribution in [0.4, 0.5) is 0 Å². The lowest BCUT2D eigenvalue weighted by atomic mass is 10.0. The van der Waals surface area contributed by atoms with Crippen LogP contribution in [0.15, 0.2) is 24.3 Å². The Kier molecular flexibility index (Phi) is 50.1. The third-order valence-electron chi connectivity index (χ3n) is 13.6. The van der Waals surface area contributed by atoms with Gasteiger partial charge in [0.2, 0.25) is 5.91 Å². The molecule has 0 bridgehead atoms. The van der Waals surface area contributed by atoms with Crippen molar-refractivity contribution in [2.45, 2.75) is 309 Å². The zero-order chi connectivity index (χ0) is 49.9. The Morgan fingerprint density at radius 2 is 0.824 bits per heavy atom. The Labute approximate surface area is 424 Å². The average Bonchev–Trinajstić information content (AvgIpc) is 3.30. The van der Waals surface area contributed by atoms with Gasteiger partial charge >= 0.3 is 0 Å². The maximum absolute atomic E-state index is 12.8. The first-order valence-electron chi connectivity index (χ1n) is 29.7. The number of nitrogens with one attached hydrogen (secondary N) is 1. The highest BCUT2D eigenvalue weighted by atomic mass is 31.2. The number of hydrogen-bond acceptors (Lipinski definition) is 6. The van der Waals surface area contributed by atoms with Crippen molar-refractivity contribution in [3.63, 3.8) is 0 Å². The van der Waals surface area contributed by atoms with E-state index in [-0.39, 0.29) is 12.5 Å². The minimum absolute atomic E-state index is 0.00486. The molecule has 3 atom stereocenters. The van der Waals surface area contributed by atoms with Gasteiger partial charge in [0, 0.05) is 6.42 Å². The van der Waals surface area contributed by atoms with Crippen LogP contribution >= 0.6 is 7.82 Å². The van der Waals surface area contributed by atoms with Gasteiger partial charge in [-0.3, -0.25) is 9.36 Å². The van der Waals surface area contributed by atoms with Crippen molar-refractivity contribution in [2.24, 2.45) is 0 Å². The molecular weight excluding hydrogens is 864 g/mol. The van der Waals surface area contributed by atoms with E-state index in [9.17, 15) is 19.4 Å². The molecule has 0 saturated heterocycles. The van der Waals surface area contributed by atoms with Crippen molar-refractivity contribution < 1.29 is 32.9 Å². The Balaban J connectivity index is 3.69. The van der Waals surface area contributed by atoms with Crippen molar-refractivity contribution >= 4 is 13.7 Å². The SMILES string of the molecule is CCC/C=C/CC/C=C/C(O)C(COP(=O)([O-])OCC[N+](C)(C)C)NC(=O)CCCCCCCCCCCCCCCCCCCCCCCCCCCCCCCCCCCCCCCCC. The van der Waals surface area contributed by atoms with Crippen molar-refractivity contribution in [1.29, 1.82) is 0 Å². The molecule has 0 rings (SSSR count). The summed E-state index contributed by atoms with van der Waals surface area (Å²) in [4.78, 5) is 25.3. The van der Waals surface area contributed by atoms with Crippen LogP contribution in [0.25, 0.3) is 0 Å². The van der Waals surface area contributed by atoms with Crippen molar-refractivity contribution in [3.05, 3.63) is 24.3 Å². The third-order valence-corrected chi connectivity index (χ3v) is 14.6. The summed E-state index contributed by atoms with van der Waals surface area (Å²) in [6, 6.07) is -0.897. The zero-order valence-electron chi connectivity index (χ0n) is 46.1. The van der Waals surface area contributed by atoms with Crippen molar-refractivity contribution in [3.8, 4) is 0 Å². The maximum atomic E-state index is 12.8. The number of amides is 1. The molecule has 404 valence electrons. The standard InChI is InChI=1S/C59H117N2O6P/c1-6-8-10-12-14-15-16-17-18-19-20-21-22-23-24-25-26-27-28-29-30-31-32-33-34-35-36-37-38-39-40-41-42-43-44-45-47-49-51-53-59(63)60-57(58(62)52-50-48-46-13-11-9-7-2)56-67-68(64,65)66-55-54-61(3,4)5/h11,13,50,52,57-58,62H,6-10,12,14-49,51,53-56H2,1-5H3,(H-,60,63,64,65)/b13-11+,52-50+. The molecular formula is C59H117N2O6P. The topological polar surface area (TPSA) is 108 Å². The van der Waals surface area contributed by atoms with Gasteiger partial charge in [0.25, 0.3) is 7.82 Å². The highest BCUT2D eigenvalue weighted by Gasteiger charge is 2.23. The van der Waals surface area contributed by atoms with Gasteiger partial charge in [0.1, 0.15) is 13.2 Å². The first kappa shape index (κ1) is 67.0. The molecule has 0 aliphatic rings. The molecule has 0 aromatic heterocycles. The van der Waals surface area contributed by atoms with E-state index in [2.05, 4.69) is 31.3 Å². The van der Waals surface area contributed by atoms with Crippen LogP contribution in [-0.2, 0) is 18.4 Å². The monoisotopic (exact) mass is 981 g/mol. The zero-order valence-corrected chi connectivity index (χ0v) is 47.0. The number of aliphatic hydroxyl groups excluding tert-OH is 1. The molecule has 8 nitrogen and oxygen atoms in total. The summed E-state index contributed by atoms with van der Waals surface area (Å²) >= 11 is 0. The quantitative estimate of drug-likeness (QED) is 0.0272. The van der Waals surface area contributed by atoms with Gasteiger partial charge in [-0.25, -0.2) is 0 Å². The Bertz CT molecular complexity index is 1160. The molecule has 0 aliphatic carbocycles. The average molecular weight is 982 g/mol. The highest BCUT2D eigenvalue weighted by molar-refractivity contribution is 7.45. The van der Waals surface area contributed by atoms with E-state index in [1.54, 1.807) is 6.08 Å². The fourth-order valence-electron chi connectivity index (χ4n) is 9.00. The number of quaternary nitrogens is 1. The van der Waals surface area contributed by atoms with Gasteiger partial charge in [-0.1, -0.05) is 289 Å². The second-order valence-electron chi connectivity index (χ2n) is 21.7. The number of phosphoric ester groups is 1. The Morgan fingerprint density at radius 1 is 0.500 bits per heavy atom. The number of allylic oxidation sites excluding steroid dienone is 3. The van der Waals surface area contributed by atoms with E-state index in [1.807, 2.05) is 27.2 Å². The summed E-state index contributed by atoms with van der Waals surface area (Å²) in [5.41, 5.74) is 0. The van der Waals surface area contributed by atoms with E-state index in [0.717, 1.165) is 44.9 Å². The summed E-state index contributed by atoms with van der Waals surface area (Å²) in [7, 11) is 1.25. The Hall–Kier alpha value is -1.02. The lowest BCUT2D eigenvalue weighted by Gasteiger charge is -2.29. The van der Waals surface area contributed by atoms with Gasteiger partial charge < -0.3 is 28.8 Å². The first-order chi connectivity index (χ1) is 33.0. The molecule has 3 unspecified atom stereocenters. The second kappa shape index (κ2) is 50.9. The van der Waals surface area contributed by atoms with Gasteiger partial charge in [0.15, 0.2) is 0 Å². The third kappa shape index (κ3) is 52.8. The van der Waals surface area contributed by atoms with Crippen LogP contribution in [0.1, 0.15) is 296 Å². The van der Waals surface area contributed by atoms with E-state index >= 15 is 0 Å². The summed E-state index contributed by atoms with van der Waals surface area (Å²) in [5, 5.41) is 13.7. The molecule has 0 heterocycles. The van der Waals surface area contributed by atoms with Crippen LogP contribution in [0.2, 0.25) is 0 Å². The number of carbonyl (C=O) groups is 1. The lowest BCUT2D eigenvalue weighted by molar-refractivity contribution is -0.870. The summed E-state index contributed by atoms with van der Waals surface area (Å²) < 4.78 is 23.1. The van der Waals surface area contributed by atoms with Gasteiger partial charge in [-0.05, 0) is 25.7 Å². The van der Waals surface area contributed by atoms with Crippen LogP contribution < -0.4 is 10.2 Å². The molecule has 0 aromatic carbocycles. The largest absolute Gasteiger partial charge is 0.756 e. The first-order valence-corrected chi connectivity index (χ1v) is 31.2. The summed E-state index contributed by atoms with van der Waals surface area (Å²) in [6.07, 6.45) is 64.9. The number of carbonyl (C=O) groups excluding carboxylic acids is 1. The summed E-state index contributed by atoms with van der Waals surface area (Å²) in [5.74, 6) is -0.207. The highest BCUT2D eigenvalue weighted by Crippen LogP contribution is 2.38. The number of likely N-dealkylation sites (N-methyl/N-ethyl adjacent to an activating group) is 1. The molecule has 2 N–H and O–H groups in total. The smallest absolute Gasteiger partial charge is 0.268 e. The van der Waals surface area contributed by atoms with Crippen LogP contribution in [0, 0.1) is 0 Å². The van der Waals surface area contributed by atoms with E-state index in [1.165, 1.54) is 231 Å². The normalized spacial score (nSPS) is 14.0. The number of aliphatic hydroxyl groups is 1. The van der Waals surface area contributed by atoms with Gasteiger partial charge in [-0.2, -0.15) is 0 Å².